The van der Waals surface area contributed by atoms with E-state index >= 15 is 0 Å². The number of sulfone groups is 1. The lowest BCUT2D eigenvalue weighted by molar-refractivity contribution is 0.235. The quantitative estimate of drug-likeness (QED) is 0.642. The predicted molar refractivity (Wildman–Crippen MR) is 40.6 cm³/mol. The molecule has 0 saturated carbocycles. The number of rotatable bonds is 4. The van der Waals surface area contributed by atoms with Gasteiger partial charge < -0.3 is 5.11 Å². The van der Waals surface area contributed by atoms with E-state index in [0.29, 0.717) is 6.42 Å². The first-order valence-electron chi connectivity index (χ1n) is 3.28. The van der Waals surface area contributed by atoms with Gasteiger partial charge in [-0.25, -0.2) is 8.42 Å². The molecule has 1 unspecified atom stereocenters. The molecule has 1 N–H and O–H groups in total. The van der Waals surface area contributed by atoms with Gasteiger partial charge in [-0.15, -0.1) is 0 Å². The van der Waals surface area contributed by atoms with E-state index in [4.69, 9.17) is 5.11 Å². The maximum atomic E-state index is 10.6. The van der Waals surface area contributed by atoms with Gasteiger partial charge in [-0.1, -0.05) is 13.3 Å². The van der Waals surface area contributed by atoms with Crippen molar-refractivity contribution in [1.82, 2.24) is 0 Å². The number of aliphatic hydroxyl groups excluding tert-OH is 1. The van der Waals surface area contributed by atoms with Crippen molar-refractivity contribution in [1.29, 1.82) is 0 Å². The molecule has 0 bridgehead atoms. The van der Waals surface area contributed by atoms with Crippen LogP contribution in [0.15, 0.2) is 0 Å². The Hall–Kier alpha value is -0.0900. The second-order valence-electron chi connectivity index (χ2n) is 2.55. The summed E-state index contributed by atoms with van der Waals surface area (Å²) in [4.78, 5) is 0. The molecular weight excluding hydrogens is 152 g/mol. The van der Waals surface area contributed by atoms with Crippen molar-refractivity contribution in [2.24, 2.45) is 5.92 Å². The summed E-state index contributed by atoms with van der Waals surface area (Å²) in [5.41, 5.74) is 0. The Balaban J connectivity index is 3.87. The van der Waals surface area contributed by atoms with Gasteiger partial charge >= 0.3 is 0 Å². The minimum Gasteiger partial charge on any atom is -0.396 e. The largest absolute Gasteiger partial charge is 0.396 e. The van der Waals surface area contributed by atoms with Crippen molar-refractivity contribution in [2.75, 3.05) is 18.6 Å². The minimum absolute atomic E-state index is 0.0381. The van der Waals surface area contributed by atoms with E-state index in [1.807, 2.05) is 6.92 Å². The van der Waals surface area contributed by atoms with Gasteiger partial charge in [0.05, 0.1) is 5.75 Å². The molecule has 0 fully saturated rings. The Morgan fingerprint density at radius 1 is 1.50 bits per heavy atom. The fourth-order valence-corrected chi connectivity index (χ4v) is 1.93. The first kappa shape index (κ1) is 9.91. The second-order valence-corrected chi connectivity index (χ2v) is 4.73. The molecule has 0 aliphatic carbocycles. The zero-order valence-electron chi connectivity index (χ0n) is 6.37. The molecule has 0 spiro atoms. The molecule has 4 heteroatoms. The maximum Gasteiger partial charge on any atom is 0.147 e. The molecule has 0 amide bonds. The zero-order valence-corrected chi connectivity index (χ0v) is 7.19. The molecule has 0 aromatic rings. The predicted octanol–water partition coefficient (Wildman–Crippen LogP) is 0.0495. The monoisotopic (exact) mass is 166 g/mol. The van der Waals surface area contributed by atoms with E-state index in [1.54, 1.807) is 0 Å². The maximum absolute atomic E-state index is 10.6. The van der Waals surface area contributed by atoms with Gasteiger partial charge in [0.2, 0.25) is 0 Å². The molecule has 0 heterocycles. The first-order valence-corrected chi connectivity index (χ1v) is 5.34. The third kappa shape index (κ3) is 4.76. The summed E-state index contributed by atoms with van der Waals surface area (Å²) in [5.74, 6) is 0.00926. The molecule has 0 saturated heterocycles. The Kier molecular flexibility index (Phi) is 3.89. The van der Waals surface area contributed by atoms with E-state index in [1.165, 1.54) is 6.26 Å². The van der Waals surface area contributed by atoms with Gasteiger partial charge in [0, 0.05) is 12.9 Å². The SMILES string of the molecule is CCC(CO)CS(C)(=O)=O. The van der Waals surface area contributed by atoms with Gasteiger partial charge in [0.25, 0.3) is 0 Å². The van der Waals surface area contributed by atoms with Gasteiger partial charge in [-0.05, 0) is 5.92 Å². The summed E-state index contributed by atoms with van der Waals surface area (Å²) in [7, 11) is -2.91. The lowest BCUT2D eigenvalue weighted by atomic mass is 10.1. The van der Waals surface area contributed by atoms with Gasteiger partial charge in [0.1, 0.15) is 9.84 Å². The third-order valence-electron chi connectivity index (χ3n) is 1.37. The summed E-state index contributed by atoms with van der Waals surface area (Å²) >= 11 is 0. The van der Waals surface area contributed by atoms with Crippen LogP contribution in [-0.4, -0.2) is 32.1 Å². The highest BCUT2D eigenvalue weighted by Crippen LogP contribution is 2.03. The van der Waals surface area contributed by atoms with Crippen LogP contribution in [-0.2, 0) is 9.84 Å². The van der Waals surface area contributed by atoms with Crippen molar-refractivity contribution in [3.05, 3.63) is 0 Å². The summed E-state index contributed by atoms with van der Waals surface area (Å²) in [5, 5.41) is 8.62. The molecule has 3 nitrogen and oxygen atoms in total. The highest BCUT2D eigenvalue weighted by molar-refractivity contribution is 7.90. The fourth-order valence-electron chi connectivity index (χ4n) is 0.728. The van der Waals surface area contributed by atoms with E-state index in [2.05, 4.69) is 0 Å². The average molecular weight is 166 g/mol. The molecule has 10 heavy (non-hydrogen) atoms. The summed E-state index contributed by atoms with van der Waals surface area (Å²) in [6, 6.07) is 0. The van der Waals surface area contributed by atoms with Crippen LogP contribution < -0.4 is 0 Å². The van der Waals surface area contributed by atoms with E-state index in [0.717, 1.165) is 0 Å². The van der Waals surface area contributed by atoms with Gasteiger partial charge in [0.15, 0.2) is 0 Å². The molecule has 62 valence electrons. The van der Waals surface area contributed by atoms with Crippen molar-refractivity contribution in [3.63, 3.8) is 0 Å². The normalized spacial score (nSPS) is 15.1. The Morgan fingerprint density at radius 3 is 2.10 bits per heavy atom. The van der Waals surface area contributed by atoms with Crippen LogP contribution in [0.1, 0.15) is 13.3 Å². The van der Waals surface area contributed by atoms with Crippen LogP contribution in [0.4, 0.5) is 0 Å². The van der Waals surface area contributed by atoms with Crippen LogP contribution in [0.25, 0.3) is 0 Å². The Bertz CT molecular complexity index is 167. The first-order chi connectivity index (χ1) is 4.49. The van der Waals surface area contributed by atoms with Gasteiger partial charge in [-0.2, -0.15) is 0 Å². The van der Waals surface area contributed by atoms with E-state index in [-0.39, 0.29) is 18.3 Å². The minimum atomic E-state index is -2.91. The van der Waals surface area contributed by atoms with Crippen LogP contribution in [0.5, 0.6) is 0 Å². The van der Waals surface area contributed by atoms with E-state index < -0.39 is 9.84 Å². The lowest BCUT2D eigenvalue weighted by Gasteiger charge is -2.08. The van der Waals surface area contributed by atoms with Crippen molar-refractivity contribution in [3.8, 4) is 0 Å². The third-order valence-corrected chi connectivity index (χ3v) is 2.45. The van der Waals surface area contributed by atoms with Gasteiger partial charge in [-0.3, -0.25) is 0 Å². The highest BCUT2D eigenvalue weighted by atomic mass is 32.2. The number of hydrogen-bond acceptors (Lipinski definition) is 3. The molecule has 0 aromatic carbocycles. The Labute approximate surface area is 62.0 Å². The number of aliphatic hydroxyl groups is 1. The molecule has 0 radical (unpaired) electrons. The molecule has 1 atom stereocenters. The van der Waals surface area contributed by atoms with Crippen molar-refractivity contribution in [2.45, 2.75) is 13.3 Å². The van der Waals surface area contributed by atoms with Crippen LogP contribution in [0, 0.1) is 5.92 Å². The summed E-state index contributed by atoms with van der Waals surface area (Å²) in [6.07, 6.45) is 1.90. The topological polar surface area (TPSA) is 54.4 Å². The molecular formula is C6H14O3S. The van der Waals surface area contributed by atoms with Crippen molar-refractivity contribution >= 4 is 9.84 Å². The molecule has 0 rings (SSSR count). The number of hydrogen-bond donors (Lipinski definition) is 1. The van der Waals surface area contributed by atoms with Crippen LogP contribution >= 0.6 is 0 Å². The van der Waals surface area contributed by atoms with Crippen molar-refractivity contribution < 1.29 is 13.5 Å². The van der Waals surface area contributed by atoms with Crippen LogP contribution in [0.3, 0.4) is 0 Å². The summed E-state index contributed by atoms with van der Waals surface area (Å²) < 4.78 is 21.3. The standard InChI is InChI=1S/C6H14O3S/c1-3-6(4-7)5-10(2,8)9/h6-7H,3-5H2,1-2H3. The average Bonchev–Trinajstić information content (AvgIpc) is 1.81. The Morgan fingerprint density at radius 2 is 2.00 bits per heavy atom. The van der Waals surface area contributed by atoms with Crippen LogP contribution in [0.2, 0.25) is 0 Å². The molecule has 0 aromatic heterocycles. The summed E-state index contributed by atoms with van der Waals surface area (Å²) in [6.45, 7) is 1.83. The molecule has 0 aliphatic rings. The molecule has 0 aliphatic heterocycles. The highest BCUT2D eigenvalue weighted by Gasteiger charge is 2.11. The zero-order chi connectivity index (χ0) is 8.20. The fraction of sp³-hybridized carbons (Fsp3) is 1.00. The smallest absolute Gasteiger partial charge is 0.147 e. The lowest BCUT2D eigenvalue weighted by Crippen LogP contribution is -2.17. The second kappa shape index (κ2) is 3.93. The van der Waals surface area contributed by atoms with E-state index in [9.17, 15) is 8.42 Å².